The van der Waals surface area contributed by atoms with E-state index in [0.29, 0.717) is 12.0 Å². The molecule has 1 N–H and O–H groups in total. The molecular formula is C21H30N6O. The van der Waals surface area contributed by atoms with Crippen molar-refractivity contribution in [2.24, 2.45) is 5.92 Å². The third-order valence-electron chi connectivity index (χ3n) is 6.00. The Balaban J connectivity index is 1.19. The second-order valence-corrected chi connectivity index (χ2v) is 8.04. The molecule has 1 unspecified atom stereocenters. The first-order chi connectivity index (χ1) is 13.8. The van der Waals surface area contributed by atoms with E-state index in [2.05, 4.69) is 55.3 Å². The normalized spacial score (nSPS) is 21.6. The van der Waals surface area contributed by atoms with Crippen LogP contribution in [0.5, 0.6) is 0 Å². The molecule has 28 heavy (non-hydrogen) atoms. The summed E-state index contributed by atoms with van der Waals surface area (Å²) in [6.45, 7) is 5.57. The first-order valence-corrected chi connectivity index (χ1v) is 10.4. The first-order valence-electron chi connectivity index (χ1n) is 10.4. The number of carbonyl (C=O) groups excluding carboxylic acids is 1. The number of hydrogen-bond acceptors (Lipinski definition) is 4. The van der Waals surface area contributed by atoms with Crippen molar-refractivity contribution in [3.63, 3.8) is 0 Å². The molecule has 7 nitrogen and oxygen atoms in total. The minimum absolute atomic E-state index is 0.0855. The molecule has 2 aliphatic heterocycles. The molecule has 150 valence electrons. The van der Waals surface area contributed by atoms with Crippen LogP contribution >= 0.6 is 0 Å². The van der Waals surface area contributed by atoms with Crippen molar-refractivity contribution in [3.05, 3.63) is 48.5 Å². The Morgan fingerprint density at radius 2 is 1.79 bits per heavy atom. The summed E-state index contributed by atoms with van der Waals surface area (Å²) in [6.07, 6.45) is 7.85. The molecule has 2 saturated heterocycles. The van der Waals surface area contributed by atoms with Crippen LogP contribution in [0.15, 0.2) is 43.0 Å². The lowest BCUT2D eigenvalue weighted by Gasteiger charge is -2.35. The van der Waals surface area contributed by atoms with Gasteiger partial charge in [0.25, 0.3) is 0 Å². The molecule has 1 aromatic heterocycles. The number of amides is 2. The van der Waals surface area contributed by atoms with Crippen LogP contribution in [0.1, 0.15) is 37.3 Å². The Labute approximate surface area is 166 Å². The van der Waals surface area contributed by atoms with Gasteiger partial charge in [0, 0.05) is 38.8 Å². The molecule has 1 atom stereocenters. The van der Waals surface area contributed by atoms with E-state index in [1.54, 1.807) is 12.7 Å². The van der Waals surface area contributed by atoms with Gasteiger partial charge in [-0.05, 0) is 43.7 Å². The molecule has 0 aliphatic carbocycles. The molecule has 3 heterocycles. The van der Waals surface area contributed by atoms with E-state index >= 15 is 0 Å². The molecule has 7 heteroatoms. The van der Waals surface area contributed by atoms with Gasteiger partial charge in [-0.15, -0.1) is 10.2 Å². The van der Waals surface area contributed by atoms with Crippen LogP contribution in [0.3, 0.4) is 0 Å². The minimum Gasteiger partial charge on any atom is -0.338 e. The van der Waals surface area contributed by atoms with Gasteiger partial charge in [0.05, 0.1) is 0 Å². The van der Waals surface area contributed by atoms with Crippen LogP contribution in [0.2, 0.25) is 0 Å². The fourth-order valence-electron chi connectivity index (χ4n) is 4.41. The largest absolute Gasteiger partial charge is 0.338 e. The average Bonchev–Trinajstić information content (AvgIpc) is 3.28. The Kier molecular flexibility index (Phi) is 6.21. The zero-order chi connectivity index (χ0) is 19.2. The summed E-state index contributed by atoms with van der Waals surface area (Å²) in [6, 6.07) is 11.1. The van der Waals surface area contributed by atoms with Crippen molar-refractivity contribution >= 4 is 6.03 Å². The van der Waals surface area contributed by atoms with Gasteiger partial charge in [-0.25, -0.2) is 4.79 Å². The number of piperidine rings is 2. The van der Waals surface area contributed by atoms with E-state index in [1.807, 2.05) is 4.90 Å². The van der Waals surface area contributed by atoms with E-state index in [1.165, 1.54) is 18.4 Å². The number of aromatic nitrogens is 3. The lowest BCUT2D eigenvalue weighted by Crippen LogP contribution is -2.47. The van der Waals surface area contributed by atoms with Crippen molar-refractivity contribution in [2.75, 3.05) is 32.7 Å². The number of carbonyl (C=O) groups is 1. The van der Waals surface area contributed by atoms with Gasteiger partial charge in [-0.1, -0.05) is 30.3 Å². The van der Waals surface area contributed by atoms with E-state index < -0.39 is 0 Å². The predicted octanol–water partition coefficient (Wildman–Crippen LogP) is 2.54. The molecular weight excluding hydrogens is 352 g/mol. The lowest BCUT2D eigenvalue weighted by atomic mass is 9.97. The van der Waals surface area contributed by atoms with E-state index in [0.717, 1.165) is 52.1 Å². The number of rotatable bonds is 5. The quantitative estimate of drug-likeness (QED) is 0.863. The van der Waals surface area contributed by atoms with Crippen LogP contribution in [0.25, 0.3) is 0 Å². The van der Waals surface area contributed by atoms with Crippen LogP contribution < -0.4 is 5.32 Å². The smallest absolute Gasteiger partial charge is 0.317 e. The standard InChI is InChI=1S/C21H30N6O/c28-21(26-11-8-20(9-12-26)27-16-23-24-17-27)22-13-19-7-4-10-25(15-19)14-18-5-2-1-3-6-18/h1-3,5-6,16-17,19-20H,4,7-15H2,(H,22,28). The summed E-state index contributed by atoms with van der Waals surface area (Å²) < 4.78 is 2.05. The molecule has 1 aromatic carbocycles. The summed E-state index contributed by atoms with van der Waals surface area (Å²) in [7, 11) is 0. The zero-order valence-corrected chi connectivity index (χ0v) is 16.4. The molecule has 2 fully saturated rings. The first kappa shape index (κ1) is 18.9. The molecule has 4 rings (SSSR count). The summed E-state index contributed by atoms with van der Waals surface area (Å²) in [4.78, 5) is 17.0. The maximum absolute atomic E-state index is 12.6. The van der Waals surface area contributed by atoms with Gasteiger partial charge in [-0.3, -0.25) is 4.90 Å². The van der Waals surface area contributed by atoms with Crippen molar-refractivity contribution in [1.82, 2.24) is 29.9 Å². The number of nitrogens with zero attached hydrogens (tertiary/aromatic N) is 5. The van der Waals surface area contributed by atoms with Crippen molar-refractivity contribution in [3.8, 4) is 0 Å². The molecule has 2 amide bonds. The van der Waals surface area contributed by atoms with Gasteiger partial charge in [0.1, 0.15) is 12.7 Å². The topological polar surface area (TPSA) is 66.3 Å². The molecule has 2 aliphatic rings. The number of urea groups is 1. The van der Waals surface area contributed by atoms with Crippen LogP contribution in [-0.2, 0) is 6.54 Å². The highest BCUT2D eigenvalue weighted by atomic mass is 16.2. The highest BCUT2D eigenvalue weighted by Crippen LogP contribution is 2.22. The second kappa shape index (κ2) is 9.19. The van der Waals surface area contributed by atoms with Crippen molar-refractivity contribution < 1.29 is 4.79 Å². The molecule has 0 spiro atoms. The summed E-state index contributed by atoms with van der Waals surface area (Å²) in [5.41, 5.74) is 1.36. The van der Waals surface area contributed by atoms with Gasteiger partial charge in [0.2, 0.25) is 0 Å². The fourth-order valence-corrected chi connectivity index (χ4v) is 4.41. The van der Waals surface area contributed by atoms with Crippen molar-refractivity contribution in [2.45, 2.75) is 38.3 Å². The van der Waals surface area contributed by atoms with Crippen LogP contribution in [0, 0.1) is 5.92 Å². The third-order valence-corrected chi connectivity index (χ3v) is 6.00. The van der Waals surface area contributed by atoms with Gasteiger partial charge in [-0.2, -0.15) is 0 Å². The highest BCUT2D eigenvalue weighted by molar-refractivity contribution is 5.74. The molecule has 0 radical (unpaired) electrons. The number of benzene rings is 1. The van der Waals surface area contributed by atoms with Crippen LogP contribution in [0.4, 0.5) is 4.79 Å². The van der Waals surface area contributed by atoms with Crippen molar-refractivity contribution in [1.29, 1.82) is 0 Å². The monoisotopic (exact) mass is 382 g/mol. The summed E-state index contributed by atoms with van der Waals surface area (Å²) in [5.74, 6) is 0.538. The molecule has 0 saturated carbocycles. The Morgan fingerprint density at radius 3 is 2.54 bits per heavy atom. The van der Waals surface area contributed by atoms with E-state index in [-0.39, 0.29) is 6.03 Å². The number of hydrogen-bond donors (Lipinski definition) is 1. The van der Waals surface area contributed by atoms with E-state index in [9.17, 15) is 4.79 Å². The maximum Gasteiger partial charge on any atom is 0.317 e. The lowest BCUT2D eigenvalue weighted by molar-refractivity contribution is 0.152. The summed E-state index contributed by atoms with van der Waals surface area (Å²) in [5, 5.41) is 10.9. The van der Waals surface area contributed by atoms with Crippen LogP contribution in [-0.4, -0.2) is 63.3 Å². The Bertz CT molecular complexity index is 727. The second-order valence-electron chi connectivity index (χ2n) is 8.04. The van der Waals surface area contributed by atoms with Gasteiger partial charge < -0.3 is 14.8 Å². The van der Waals surface area contributed by atoms with Gasteiger partial charge in [0.15, 0.2) is 0 Å². The minimum atomic E-state index is 0.0855. The Hall–Kier alpha value is -2.41. The molecule has 2 aromatic rings. The zero-order valence-electron chi connectivity index (χ0n) is 16.4. The number of likely N-dealkylation sites (tertiary alicyclic amines) is 2. The fraction of sp³-hybridized carbons (Fsp3) is 0.571. The van der Waals surface area contributed by atoms with E-state index in [4.69, 9.17) is 0 Å². The predicted molar refractivity (Wildman–Crippen MR) is 108 cm³/mol. The SMILES string of the molecule is O=C(NCC1CCCN(Cc2ccccc2)C1)N1CCC(n2cnnc2)CC1. The highest BCUT2D eigenvalue weighted by Gasteiger charge is 2.25. The average molecular weight is 383 g/mol. The third kappa shape index (κ3) is 4.90. The Morgan fingerprint density at radius 1 is 1.04 bits per heavy atom. The van der Waals surface area contributed by atoms with Gasteiger partial charge >= 0.3 is 6.03 Å². The summed E-state index contributed by atoms with van der Waals surface area (Å²) >= 11 is 0. The molecule has 0 bridgehead atoms. The number of nitrogens with one attached hydrogen (secondary N) is 1. The maximum atomic E-state index is 12.6.